The maximum atomic E-state index is 12.6. The fourth-order valence-electron chi connectivity index (χ4n) is 3.66. The molecule has 0 atom stereocenters. The van der Waals surface area contributed by atoms with E-state index in [0.717, 1.165) is 18.5 Å². The molecular weight excluding hydrogens is 418 g/mol. The standard InChI is InChI=1S/C23H30ClN3O4/c1-5-30-22(29)19-14-20(23(2,3)4)27(25-19)17-10-12-26(13-11-17)21(28)15-31-18-8-6-16(24)7-9-18/h6-9,14,17H,5,10-13,15H2,1-4H3. The number of ether oxygens (including phenoxy) is 2. The summed E-state index contributed by atoms with van der Waals surface area (Å²) < 4.78 is 12.7. The van der Waals surface area contributed by atoms with Crippen molar-refractivity contribution in [2.75, 3.05) is 26.3 Å². The van der Waals surface area contributed by atoms with Crippen LogP contribution in [0.1, 0.15) is 62.8 Å². The Morgan fingerprint density at radius 3 is 2.39 bits per heavy atom. The second-order valence-corrected chi connectivity index (χ2v) is 9.12. The first-order valence-corrected chi connectivity index (χ1v) is 11.0. The molecule has 1 saturated heterocycles. The monoisotopic (exact) mass is 447 g/mol. The van der Waals surface area contributed by atoms with E-state index in [4.69, 9.17) is 21.1 Å². The van der Waals surface area contributed by atoms with Gasteiger partial charge in [0.25, 0.3) is 5.91 Å². The van der Waals surface area contributed by atoms with E-state index in [2.05, 4.69) is 25.9 Å². The minimum Gasteiger partial charge on any atom is -0.484 e. The van der Waals surface area contributed by atoms with Crippen molar-refractivity contribution in [3.8, 4) is 5.75 Å². The van der Waals surface area contributed by atoms with Gasteiger partial charge >= 0.3 is 5.97 Å². The third-order valence-electron chi connectivity index (χ3n) is 5.33. The summed E-state index contributed by atoms with van der Waals surface area (Å²) in [5.41, 5.74) is 1.16. The minimum absolute atomic E-state index is 0.00564. The molecule has 2 heterocycles. The fraction of sp³-hybridized carbons (Fsp3) is 0.522. The first kappa shape index (κ1) is 23.1. The molecule has 1 aromatic carbocycles. The molecule has 7 nitrogen and oxygen atoms in total. The number of halogens is 1. The van der Waals surface area contributed by atoms with Crippen LogP contribution in [0.15, 0.2) is 30.3 Å². The summed E-state index contributed by atoms with van der Waals surface area (Å²) in [5.74, 6) is 0.168. The largest absolute Gasteiger partial charge is 0.484 e. The summed E-state index contributed by atoms with van der Waals surface area (Å²) in [6.45, 7) is 9.62. The van der Waals surface area contributed by atoms with Gasteiger partial charge in [0.1, 0.15) is 5.75 Å². The minimum atomic E-state index is -0.404. The Labute approximate surface area is 188 Å². The van der Waals surface area contributed by atoms with E-state index in [9.17, 15) is 9.59 Å². The Hall–Kier alpha value is -2.54. The maximum Gasteiger partial charge on any atom is 0.358 e. The highest BCUT2D eigenvalue weighted by Gasteiger charge is 2.30. The Kier molecular flexibility index (Phi) is 7.26. The fourth-order valence-corrected chi connectivity index (χ4v) is 3.79. The van der Waals surface area contributed by atoms with Crippen molar-refractivity contribution in [2.24, 2.45) is 0 Å². The van der Waals surface area contributed by atoms with E-state index in [0.29, 0.717) is 36.2 Å². The molecule has 0 bridgehead atoms. The lowest BCUT2D eigenvalue weighted by atomic mass is 9.91. The van der Waals surface area contributed by atoms with Gasteiger partial charge in [0.2, 0.25) is 0 Å². The van der Waals surface area contributed by atoms with Crippen molar-refractivity contribution in [3.63, 3.8) is 0 Å². The number of piperidine rings is 1. The number of rotatable bonds is 6. The van der Waals surface area contributed by atoms with Gasteiger partial charge in [0, 0.05) is 29.2 Å². The normalized spacial score (nSPS) is 15.1. The summed E-state index contributed by atoms with van der Waals surface area (Å²) in [4.78, 5) is 26.6. The van der Waals surface area contributed by atoms with Crippen LogP contribution in [-0.4, -0.2) is 52.9 Å². The van der Waals surface area contributed by atoms with Gasteiger partial charge in [-0.2, -0.15) is 5.10 Å². The number of amides is 1. The molecule has 3 rings (SSSR count). The van der Waals surface area contributed by atoms with Crippen molar-refractivity contribution in [1.82, 2.24) is 14.7 Å². The molecule has 168 valence electrons. The van der Waals surface area contributed by atoms with E-state index in [1.807, 2.05) is 15.6 Å². The van der Waals surface area contributed by atoms with E-state index >= 15 is 0 Å². The number of aromatic nitrogens is 2. The van der Waals surface area contributed by atoms with Gasteiger partial charge in [0.05, 0.1) is 12.6 Å². The van der Waals surface area contributed by atoms with Crippen LogP contribution >= 0.6 is 11.6 Å². The lowest BCUT2D eigenvalue weighted by Crippen LogP contribution is -2.42. The van der Waals surface area contributed by atoms with Crippen molar-refractivity contribution in [1.29, 1.82) is 0 Å². The molecule has 0 spiro atoms. The van der Waals surface area contributed by atoms with Crippen molar-refractivity contribution in [3.05, 3.63) is 46.7 Å². The van der Waals surface area contributed by atoms with Gasteiger partial charge in [-0.25, -0.2) is 4.79 Å². The molecule has 0 radical (unpaired) electrons. The van der Waals surface area contributed by atoms with Gasteiger partial charge in [-0.15, -0.1) is 0 Å². The van der Waals surface area contributed by atoms with Crippen molar-refractivity contribution >= 4 is 23.5 Å². The molecular formula is C23H30ClN3O4. The first-order chi connectivity index (χ1) is 14.7. The zero-order chi connectivity index (χ0) is 22.6. The van der Waals surface area contributed by atoms with Crippen LogP contribution < -0.4 is 4.74 Å². The highest BCUT2D eigenvalue weighted by Crippen LogP contribution is 2.30. The quantitative estimate of drug-likeness (QED) is 0.619. The van der Waals surface area contributed by atoms with E-state index in [1.54, 1.807) is 31.2 Å². The molecule has 1 aromatic heterocycles. The van der Waals surface area contributed by atoms with E-state index < -0.39 is 5.97 Å². The smallest absolute Gasteiger partial charge is 0.358 e. The highest BCUT2D eigenvalue weighted by atomic mass is 35.5. The summed E-state index contributed by atoms with van der Waals surface area (Å²) in [6, 6.07) is 8.90. The van der Waals surface area contributed by atoms with Gasteiger partial charge in [-0.05, 0) is 50.1 Å². The molecule has 0 aliphatic carbocycles. The third kappa shape index (κ3) is 5.79. The molecule has 1 aliphatic heterocycles. The van der Waals surface area contributed by atoms with Crippen LogP contribution in [0.5, 0.6) is 5.75 Å². The second-order valence-electron chi connectivity index (χ2n) is 8.68. The highest BCUT2D eigenvalue weighted by molar-refractivity contribution is 6.30. The lowest BCUT2D eigenvalue weighted by molar-refractivity contribution is -0.134. The molecule has 1 amide bonds. The molecule has 8 heteroatoms. The summed E-state index contributed by atoms with van der Waals surface area (Å²) >= 11 is 5.87. The summed E-state index contributed by atoms with van der Waals surface area (Å²) in [5, 5.41) is 5.20. The van der Waals surface area contributed by atoms with E-state index in [-0.39, 0.29) is 24.0 Å². The van der Waals surface area contributed by atoms with Crippen LogP contribution in [0.2, 0.25) is 5.02 Å². The summed E-state index contributed by atoms with van der Waals surface area (Å²) in [6.07, 6.45) is 1.53. The number of nitrogens with zero attached hydrogens (tertiary/aromatic N) is 3. The maximum absolute atomic E-state index is 12.6. The predicted octanol–water partition coefficient (Wildman–Crippen LogP) is 4.25. The Morgan fingerprint density at radius 1 is 1.16 bits per heavy atom. The topological polar surface area (TPSA) is 73.7 Å². The van der Waals surface area contributed by atoms with Crippen LogP contribution in [0.25, 0.3) is 0 Å². The molecule has 0 saturated carbocycles. The van der Waals surface area contributed by atoms with Gasteiger partial charge in [-0.3, -0.25) is 9.48 Å². The number of esters is 1. The number of likely N-dealkylation sites (tertiary alicyclic amines) is 1. The molecule has 0 N–H and O–H groups in total. The van der Waals surface area contributed by atoms with E-state index in [1.165, 1.54) is 0 Å². The molecule has 31 heavy (non-hydrogen) atoms. The molecule has 1 aliphatic rings. The Morgan fingerprint density at radius 2 is 1.81 bits per heavy atom. The number of benzene rings is 1. The number of carbonyl (C=O) groups is 2. The zero-order valence-corrected chi connectivity index (χ0v) is 19.3. The number of hydrogen-bond donors (Lipinski definition) is 0. The van der Waals surface area contributed by atoms with Crippen molar-refractivity contribution in [2.45, 2.75) is 52.0 Å². The lowest BCUT2D eigenvalue weighted by Gasteiger charge is -2.34. The molecule has 1 fully saturated rings. The van der Waals surface area contributed by atoms with Gasteiger partial charge in [-0.1, -0.05) is 32.4 Å². The molecule has 2 aromatic rings. The average Bonchev–Trinajstić information content (AvgIpc) is 3.20. The van der Waals surface area contributed by atoms with Crippen LogP contribution in [0, 0.1) is 0 Å². The zero-order valence-electron chi connectivity index (χ0n) is 18.6. The predicted molar refractivity (Wildman–Crippen MR) is 119 cm³/mol. The Balaban J connectivity index is 1.62. The van der Waals surface area contributed by atoms with Crippen molar-refractivity contribution < 1.29 is 19.1 Å². The Bertz CT molecular complexity index is 910. The average molecular weight is 448 g/mol. The third-order valence-corrected chi connectivity index (χ3v) is 5.58. The summed E-state index contributed by atoms with van der Waals surface area (Å²) in [7, 11) is 0. The first-order valence-electron chi connectivity index (χ1n) is 10.6. The van der Waals surface area contributed by atoms with Crippen LogP contribution in [0.4, 0.5) is 0 Å². The number of hydrogen-bond acceptors (Lipinski definition) is 5. The number of carbonyl (C=O) groups excluding carboxylic acids is 2. The van der Waals surface area contributed by atoms with Gasteiger partial charge < -0.3 is 14.4 Å². The SMILES string of the molecule is CCOC(=O)c1cc(C(C)(C)C)n(C2CCN(C(=O)COc3ccc(Cl)cc3)CC2)n1. The van der Waals surface area contributed by atoms with Crippen LogP contribution in [0.3, 0.4) is 0 Å². The second kappa shape index (κ2) is 9.73. The van der Waals surface area contributed by atoms with Crippen LogP contribution in [-0.2, 0) is 14.9 Å². The molecule has 0 unspecified atom stereocenters. The van der Waals surface area contributed by atoms with Gasteiger partial charge in [0.15, 0.2) is 12.3 Å².